The van der Waals surface area contributed by atoms with Crippen LogP contribution in [0.1, 0.15) is 77.0 Å². The van der Waals surface area contributed by atoms with Crippen molar-refractivity contribution < 1.29 is 14.3 Å². The molecule has 5 fully saturated rings. The Kier molecular flexibility index (Phi) is 7.51. The van der Waals surface area contributed by atoms with Crippen LogP contribution < -0.4 is 0 Å². The third kappa shape index (κ3) is 6.94. The molecule has 1 spiro atoms. The van der Waals surface area contributed by atoms with E-state index in [2.05, 4.69) is 23.5 Å². The maximum Gasteiger partial charge on any atom is 0.168 e. The number of Topliss-reactive ketones (excluding diaryl/α,β-unsaturated/α-hetero) is 1. The number of rotatable bonds is 6. The first kappa shape index (κ1) is 20.6. The van der Waals surface area contributed by atoms with Crippen LogP contribution in [0.15, 0.2) is 0 Å². The SMILES string of the molecule is C1COC2(CCC(SCC3CC3)CC2)O1.O=C1CCC(SCC2CC2)CC1. The second-order valence-electron chi connectivity index (χ2n) is 9.10. The topological polar surface area (TPSA) is 35.5 Å². The number of hydrogen-bond acceptors (Lipinski definition) is 5. The van der Waals surface area contributed by atoms with Crippen LogP contribution in [-0.4, -0.2) is 46.8 Å². The van der Waals surface area contributed by atoms with Crippen LogP contribution in [0, 0.1) is 11.8 Å². The summed E-state index contributed by atoms with van der Waals surface area (Å²) < 4.78 is 11.5. The quantitative estimate of drug-likeness (QED) is 0.579. The molecule has 0 atom stereocenters. The molecule has 5 heteroatoms. The van der Waals surface area contributed by atoms with Crippen molar-refractivity contribution in [3.63, 3.8) is 0 Å². The molecular formula is C22H36O3S2. The van der Waals surface area contributed by atoms with Gasteiger partial charge >= 0.3 is 0 Å². The number of hydrogen-bond donors (Lipinski definition) is 0. The number of ether oxygens (including phenoxy) is 2. The zero-order valence-electron chi connectivity index (χ0n) is 16.7. The molecule has 27 heavy (non-hydrogen) atoms. The highest BCUT2D eigenvalue weighted by Crippen LogP contribution is 2.42. The van der Waals surface area contributed by atoms with Crippen molar-refractivity contribution in [2.45, 2.75) is 93.3 Å². The van der Waals surface area contributed by atoms with E-state index >= 15 is 0 Å². The summed E-state index contributed by atoms with van der Waals surface area (Å²) in [4.78, 5) is 10.9. The first-order valence-corrected chi connectivity index (χ1v) is 13.3. The van der Waals surface area contributed by atoms with Gasteiger partial charge in [-0.05, 0) is 74.7 Å². The predicted molar refractivity (Wildman–Crippen MR) is 115 cm³/mol. The maximum atomic E-state index is 10.9. The minimum atomic E-state index is -0.156. The van der Waals surface area contributed by atoms with Crippen LogP contribution in [-0.2, 0) is 14.3 Å². The molecule has 154 valence electrons. The van der Waals surface area contributed by atoms with E-state index in [4.69, 9.17) is 9.47 Å². The average Bonchev–Trinajstić information content (AvgIpc) is 3.62. The highest BCUT2D eigenvalue weighted by Gasteiger charge is 2.40. The minimum Gasteiger partial charge on any atom is -0.348 e. The first-order valence-electron chi connectivity index (χ1n) is 11.2. The normalized spacial score (nSPS) is 29.0. The summed E-state index contributed by atoms with van der Waals surface area (Å²) in [5.74, 6) is 5.19. The van der Waals surface area contributed by atoms with Crippen molar-refractivity contribution in [1.82, 2.24) is 0 Å². The summed E-state index contributed by atoms with van der Waals surface area (Å²) in [7, 11) is 0. The lowest BCUT2D eigenvalue weighted by atomic mass is 9.94. The van der Waals surface area contributed by atoms with E-state index in [1.165, 1.54) is 50.0 Å². The van der Waals surface area contributed by atoms with E-state index in [9.17, 15) is 4.79 Å². The molecule has 0 aromatic carbocycles. The molecule has 1 aliphatic heterocycles. The van der Waals surface area contributed by atoms with Gasteiger partial charge in [-0.25, -0.2) is 0 Å². The average molecular weight is 413 g/mol. The summed E-state index contributed by atoms with van der Waals surface area (Å²) in [6.07, 6.45) is 14.7. The van der Waals surface area contributed by atoms with Gasteiger partial charge in [0.2, 0.25) is 0 Å². The molecule has 0 N–H and O–H groups in total. The smallest absolute Gasteiger partial charge is 0.168 e. The molecular weight excluding hydrogens is 376 g/mol. The van der Waals surface area contributed by atoms with Crippen LogP contribution in [0.3, 0.4) is 0 Å². The molecule has 4 aliphatic carbocycles. The van der Waals surface area contributed by atoms with Crippen molar-refractivity contribution in [3.8, 4) is 0 Å². The number of carbonyl (C=O) groups is 1. The van der Waals surface area contributed by atoms with Crippen LogP contribution in [0.2, 0.25) is 0 Å². The molecule has 0 aromatic rings. The van der Waals surface area contributed by atoms with Crippen LogP contribution >= 0.6 is 23.5 Å². The lowest BCUT2D eigenvalue weighted by Crippen LogP contribution is -2.36. The van der Waals surface area contributed by atoms with E-state index in [0.29, 0.717) is 5.78 Å². The minimum absolute atomic E-state index is 0.156. The molecule has 0 unspecified atom stereocenters. The number of thioether (sulfide) groups is 2. The van der Waals surface area contributed by atoms with Gasteiger partial charge in [0.05, 0.1) is 13.2 Å². The van der Waals surface area contributed by atoms with E-state index in [0.717, 1.165) is 74.1 Å². The van der Waals surface area contributed by atoms with E-state index in [1.807, 2.05) is 0 Å². The van der Waals surface area contributed by atoms with Crippen molar-refractivity contribution in [3.05, 3.63) is 0 Å². The van der Waals surface area contributed by atoms with Gasteiger partial charge in [-0.15, -0.1) is 0 Å². The number of ketones is 1. The Labute approximate surface area is 173 Å². The Morgan fingerprint density at radius 2 is 1.22 bits per heavy atom. The standard InChI is InChI=1S/C12H20O2S.C10H16OS/c1-2-10(1)9-15-11-3-5-12(6-4-11)13-7-8-14-12;11-9-3-5-10(6-4-9)12-7-8-1-2-8/h10-11H,1-9H2;8,10H,1-7H2. The highest BCUT2D eigenvalue weighted by molar-refractivity contribution is 8.00. The molecule has 1 heterocycles. The van der Waals surface area contributed by atoms with Gasteiger partial charge in [-0.3, -0.25) is 4.79 Å². The molecule has 5 aliphatic rings. The van der Waals surface area contributed by atoms with Gasteiger partial charge in [0, 0.05) is 36.2 Å². The monoisotopic (exact) mass is 412 g/mol. The summed E-state index contributed by atoms with van der Waals surface area (Å²) in [6.45, 7) is 1.61. The fourth-order valence-electron chi connectivity index (χ4n) is 4.18. The highest BCUT2D eigenvalue weighted by atomic mass is 32.2. The van der Waals surface area contributed by atoms with Crippen molar-refractivity contribution in [2.24, 2.45) is 11.8 Å². The second kappa shape index (κ2) is 9.86. The van der Waals surface area contributed by atoms with E-state index < -0.39 is 0 Å². The third-order valence-corrected chi connectivity index (χ3v) is 9.74. The van der Waals surface area contributed by atoms with Gasteiger partial charge in [-0.1, -0.05) is 0 Å². The maximum absolute atomic E-state index is 10.9. The lowest BCUT2D eigenvalue weighted by Gasteiger charge is -2.35. The summed E-state index contributed by atoms with van der Waals surface area (Å²) in [5, 5.41) is 1.69. The van der Waals surface area contributed by atoms with Gasteiger partial charge in [0.15, 0.2) is 5.79 Å². The third-order valence-electron chi connectivity index (χ3n) is 6.53. The van der Waals surface area contributed by atoms with E-state index in [1.54, 1.807) is 0 Å². The fraction of sp³-hybridized carbons (Fsp3) is 0.955. The Balaban J connectivity index is 0.000000137. The fourth-order valence-corrected chi connectivity index (χ4v) is 7.07. The molecule has 0 bridgehead atoms. The molecule has 0 amide bonds. The van der Waals surface area contributed by atoms with Crippen LogP contribution in [0.4, 0.5) is 0 Å². The Morgan fingerprint density at radius 3 is 1.70 bits per heavy atom. The predicted octanol–water partition coefficient (Wildman–Crippen LogP) is 5.46. The first-order chi connectivity index (χ1) is 13.2. The summed E-state index contributed by atoms with van der Waals surface area (Å²) in [6, 6.07) is 0. The Morgan fingerprint density at radius 1 is 0.741 bits per heavy atom. The van der Waals surface area contributed by atoms with Gasteiger partial charge in [-0.2, -0.15) is 23.5 Å². The lowest BCUT2D eigenvalue weighted by molar-refractivity contribution is -0.175. The second-order valence-corrected chi connectivity index (χ2v) is 11.8. The Bertz CT molecular complexity index is 464. The molecule has 1 saturated heterocycles. The van der Waals surface area contributed by atoms with Gasteiger partial charge in [0.1, 0.15) is 5.78 Å². The van der Waals surface area contributed by atoms with Gasteiger partial charge in [0.25, 0.3) is 0 Å². The van der Waals surface area contributed by atoms with Crippen molar-refractivity contribution in [2.75, 3.05) is 24.7 Å². The molecule has 3 nitrogen and oxygen atoms in total. The van der Waals surface area contributed by atoms with Gasteiger partial charge < -0.3 is 9.47 Å². The van der Waals surface area contributed by atoms with Crippen LogP contribution in [0.5, 0.6) is 0 Å². The van der Waals surface area contributed by atoms with E-state index in [-0.39, 0.29) is 5.79 Å². The molecule has 4 saturated carbocycles. The largest absolute Gasteiger partial charge is 0.348 e. The van der Waals surface area contributed by atoms with Crippen molar-refractivity contribution in [1.29, 1.82) is 0 Å². The molecule has 0 aromatic heterocycles. The van der Waals surface area contributed by atoms with Crippen LogP contribution in [0.25, 0.3) is 0 Å². The van der Waals surface area contributed by atoms with Crippen molar-refractivity contribution >= 4 is 29.3 Å². The molecule has 0 radical (unpaired) electrons. The summed E-state index contributed by atoms with van der Waals surface area (Å²) >= 11 is 4.32. The summed E-state index contributed by atoms with van der Waals surface area (Å²) in [5.41, 5.74) is 0. The zero-order chi connectivity index (χ0) is 18.5. The zero-order valence-corrected chi connectivity index (χ0v) is 18.3. The molecule has 5 rings (SSSR count). The Hall–Kier alpha value is 0.290. The number of carbonyl (C=O) groups excluding carboxylic acids is 1.